The van der Waals surface area contributed by atoms with Crippen LogP contribution in [0.3, 0.4) is 0 Å². The Morgan fingerprint density at radius 1 is 0.933 bits per heavy atom. The van der Waals surface area contributed by atoms with Crippen LogP contribution in [0.25, 0.3) is 0 Å². The van der Waals surface area contributed by atoms with Gasteiger partial charge in [-0.1, -0.05) is 36.4 Å². The van der Waals surface area contributed by atoms with Crippen molar-refractivity contribution >= 4 is 29.9 Å². The number of benzene rings is 2. The molecule has 0 saturated heterocycles. The number of nitrogens with one attached hydrogen (secondary N) is 2. The van der Waals surface area contributed by atoms with Gasteiger partial charge in [0.15, 0.2) is 5.96 Å². The minimum atomic E-state index is -0.204. The molecule has 0 atom stereocenters. The summed E-state index contributed by atoms with van der Waals surface area (Å²) in [5.41, 5.74) is 3.21. The predicted octanol–water partition coefficient (Wildman–Crippen LogP) is 4.29. The molecule has 0 amide bonds. The van der Waals surface area contributed by atoms with Crippen molar-refractivity contribution in [1.82, 2.24) is 10.6 Å². The fourth-order valence-electron chi connectivity index (χ4n) is 2.80. The van der Waals surface area contributed by atoms with Gasteiger partial charge in [0.1, 0.15) is 5.82 Å². The zero-order valence-electron chi connectivity index (χ0n) is 17.8. The number of halogens is 2. The lowest BCUT2D eigenvalue weighted by Crippen LogP contribution is -2.38. The van der Waals surface area contributed by atoms with Crippen molar-refractivity contribution in [3.8, 4) is 0 Å². The van der Waals surface area contributed by atoms with Crippen LogP contribution in [0.15, 0.2) is 53.5 Å². The third kappa shape index (κ3) is 10.9. The molecule has 30 heavy (non-hydrogen) atoms. The van der Waals surface area contributed by atoms with E-state index in [0.29, 0.717) is 39.5 Å². The van der Waals surface area contributed by atoms with Crippen LogP contribution < -0.4 is 10.6 Å². The molecule has 166 valence electrons. The van der Waals surface area contributed by atoms with Crippen LogP contribution >= 0.6 is 24.0 Å². The molecule has 0 heterocycles. The number of ether oxygens (including phenoxy) is 2. The van der Waals surface area contributed by atoms with Crippen molar-refractivity contribution in [2.24, 2.45) is 4.99 Å². The number of hydrogen-bond acceptors (Lipinski definition) is 3. The summed E-state index contributed by atoms with van der Waals surface area (Å²) in [4.78, 5) is 4.65. The molecule has 0 fully saturated rings. The maximum Gasteiger partial charge on any atom is 0.191 e. The van der Waals surface area contributed by atoms with Gasteiger partial charge in [-0.25, -0.2) is 9.38 Å². The molecule has 5 nitrogen and oxygen atoms in total. The second-order valence-electron chi connectivity index (χ2n) is 6.57. The lowest BCUT2D eigenvalue weighted by Gasteiger charge is -2.12. The molecule has 2 aromatic carbocycles. The molecule has 0 aliphatic carbocycles. The highest BCUT2D eigenvalue weighted by Gasteiger charge is 2.01. The SMILES string of the molecule is CCNC(=NCc1cccc(COCCOCC)c1)NCCc1cccc(F)c1.I. The summed E-state index contributed by atoms with van der Waals surface area (Å²) in [6.07, 6.45) is 0.733. The molecule has 0 unspecified atom stereocenters. The van der Waals surface area contributed by atoms with E-state index < -0.39 is 0 Å². The predicted molar refractivity (Wildman–Crippen MR) is 131 cm³/mol. The van der Waals surface area contributed by atoms with Crippen molar-refractivity contribution in [3.05, 3.63) is 71.0 Å². The first-order valence-electron chi connectivity index (χ1n) is 10.2. The first-order chi connectivity index (χ1) is 14.2. The van der Waals surface area contributed by atoms with Crippen molar-refractivity contribution in [2.45, 2.75) is 33.4 Å². The molecule has 0 aliphatic rings. The van der Waals surface area contributed by atoms with Gasteiger partial charge >= 0.3 is 0 Å². The Bertz CT molecular complexity index is 759. The minimum Gasteiger partial charge on any atom is -0.379 e. The topological polar surface area (TPSA) is 54.9 Å². The Morgan fingerprint density at radius 3 is 2.43 bits per heavy atom. The smallest absolute Gasteiger partial charge is 0.191 e. The highest BCUT2D eigenvalue weighted by Crippen LogP contribution is 2.08. The van der Waals surface area contributed by atoms with Gasteiger partial charge in [0, 0.05) is 19.7 Å². The minimum absolute atomic E-state index is 0. The lowest BCUT2D eigenvalue weighted by molar-refractivity contribution is 0.0453. The van der Waals surface area contributed by atoms with E-state index in [9.17, 15) is 4.39 Å². The highest BCUT2D eigenvalue weighted by atomic mass is 127. The molecule has 2 rings (SSSR count). The van der Waals surface area contributed by atoms with Gasteiger partial charge in [-0.2, -0.15) is 0 Å². The van der Waals surface area contributed by atoms with E-state index in [0.717, 1.165) is 35.6 Å². The molecule has 0 saturated carbocycles. The number of nitrogens with zero attached hydrogens (tertiary/aromatic N) is 1. The molecule has 0 aromatic heterocycles. The first kappa shape index (κ1) is 26.3. The zero-order valence-corrected chi connectivity index (χ0v) is 20.2. The summed E-state index contributed by atoms with van der Waals surface area (Å²) in [5, 5.41) is 6.55. The molecule has 0 aliphatic heterocycles. The van der Waals surface area contributed by atoms with Crippen molar-refractivity contribution in [2.75, 3.05) is 32.9 Å². The van der Waals surface area contributed by atoms with Crippen molar-refractivity contribution in [1.29, 1.82) is 0 Å². The van der Waals surface area contributed by atoms with Crippen LogP contribution in [0.1, 0.15) is 30.5 Å². The van der Waals surface area contributed by atoms with Gasteiger partial charge in [-0.3, -0.25) is 0 Å². The fourth-order valence-corrected chi connectivity index (χ4v) is 2.80. The van der Waals surface area contributed by atoms with Crippen LogP contribution in [0.4, 0.5) is 4.39 Å². The zero-order chi connectivity index (χ0) is 20.7. The van der Waals surface area contributed by atoms with Crippen LogP contribution in [0, 0.1) is 5.82 Å². The summed E-state index contributed by atoms with van der Waals surface area (Å²) >= 11 is 0. The molecule has 2 aromatic rings. The quantitative estimate of drug-likeness (QED) is 0.187. The second kappa shape index (κ2) is 16.0. The average Bonchev–Trinajstić information content (AvgIpc) is 2.72. The van der Waals surface area contributed by atoms with Crippen molar-refractivity contribution < 1.29 is 13.9 Å². The number of rotatable bonds is 12. The maximum atomic E-state index is 13.3. The fraction of sp³-hybridized carbons (Fsp3) is 0.435. The first-order valence-corrected chi connectivity index (χ1v) is 10.2. The average molecular weight is 529 g/mol. The van der Waals surface area contributed by atoms with E-state index in [4.69, 9.17) is 9.47 Å². The Labute approximate surface area is 196 Å². The summed E-state index contributed by atoms with van der Waals surface area (Å²) in [6, 6.07) is 14.9. The van der Waals surface area contributed by atoms with E-state index in [2.05, 4.69) is 33.8 Å². The number of aliphatic imine (C=N–C) groups is 1. The van der Waals surface area contributed by atoms with Crippen molar-refractivity contribution in [3.63, 3.8) is 0 Å². The number of guanidine groups is 1. The molecule has 0 spiro atoms. The van der Waals surface area contributed by atoms with Crippen LogP contribution in [0.5, 0.6) is 0 Å². The molecular formula is C23H33FIN3O2. The Kier molecular flexibility index (Phi) is 14.1. The van der Waals surface area contributed by atoms with E-state index in [1.54, 1.807) is 12.1 Å². The van der Waals surface area contributed by atoms with Gasteiger partial charge in [-0.15, -0.1) is 24.0 Å². The van der Waals surface area contributed by atoms with E-state index in [-0.39, 0.29) is 29.8 Å². The van der Waals surface area contributed by atoms with E-state index >= 15 is 0 Å². The largest absolute Gasteiger partial charge is 0.379 e. The highest BCUT2D eigenvalue weighted by molar-refractivity contribution is 14.0. The number of hydrogen-bond donors (Lipinski definition) is 2. The lowest BCUT2D eigenvalue weighted by atomic mass is 10.1. The molecular weight excluding hydrogens is 496 g/mol. The third-order valence-corrected chi connectivity index (χ3v) is 4.20. The summed E-state index contributed by atoms with van der Waals surface area (Å²) in [5.74, 6) is 0.548. The molecule has 2 N–H and O–H groups in total. The van der Waals surface area contributed by atoms with E-state index in [1.165, 1.54) is 6.07 Å². The Morgan fingerprint density at radius 2 is 1.67 bits per heavy atom. The molecule has 0 bridgehead atoms. The van der Waals surface area contributed by atoms with Gasteiger partial charge in [-0.05, 0) is 49.1 Å². The Balaban J connectivity index is 0.00000450. The van der Waals surface area contributed by atoms with Gasteiger partial charge in [0.25, 0.3) is 0 Å². The van der Waals surface area contributed by atoms with Crippen LogP contribution in [-0.4, -0.2) is 38.9 Å². The normalized spacial score (nSPS) is 11.1. The third-order valence-electron chi connectivity index (χ3n) is 4.20. The van der Waals surface area contributed by atoms with Gasteiger partial charge in [0.05, 0.1) is 26.4 Å². The van der Waals surface area contributed by atoms with Gasteiger partial charge < -0.3 is 20.1 Å². The molecule has 0 radical (unpaired) electrons. The summed E-state index contributed by atoms with van der Waals surface area (Å²) in [6.45, 7) is 8.53. The maximum absolute atomic E-state index is 13.3. The monoisotopic (exact) mass is 529 g/mol. The standard InChI is InChI=1S/C23H32FN3O2.HI/c1-3-25-23(26-12-11-19-7-6-10-22(24)16-19)27-17-20-8-5-9-21(15-20)18-29-14-13-28-4-2;/h5-10,15-16H,3-4,11-14,17-18H2,1-2H3,(H2,25,26,27);1H. The Hall–Kier alpha value is -1.71. The van der Waals surface area contributed by atoms with Crippen LogP contribution in [0.2, 0.25) is 0 Å². The van der Waals surface area contributed by atoms with E-state index in [1.807, 2.05) is 26.0 Å². The van der Waals surface area contributed by atoms with Gasteiger partial charge in [0.2, 0.25) is 0 Å². The summed E-state index contributed by atoms with van der Waals surface area (Å²) < 4.78 is 24.2. The summed E-state index contributed by atoms with van der Waals surface area (Å²) in [7, 11) is 0. The van der Waals surface area contributed by atoms with Crippen LogP contribution in [-0.2, 0) is 29.0 Å². The second-order valence-corrected chi connectivity index (χ2v) is 6.57. The molecule has 7 heteroatoms.